The van der Waals surface area contributed by atoms with E-state index in [-0.39, 0.29) is 27.6 Å². The van der Waals surface area contributed by atoms with Crippen LogP contribution in [0.15, 0.2) is 79.1 Å². The van der Waals surface area contributed by atoms with Crippen molar-refractivity contribution in [1.82, 2.24) is 4.57 Å². The van der Waals surface area contributed by atoms with E-state index < -0.39 is 0 Å². The molecule has 1 heterocycles. The molecule has 0 aliphatic heterocycles. The number of nitro groups is 1. The predicted octanol–water partition coefficient (Wildman–Crippen LogP) is 1.44. The lowest BCUT2D eigenvalue weighted by Crippen LogP contribution is -3.00. The van der Waals surface area contributed by atoms with Crippen LogP contribution < -0.4 is 21.5 Å². The Bertz CT molecular complexity index is 1120. The number of imidazole rings is 1. The third-order valence-corrected chi connectivity index (χ3v) is 5.04. The Hall–Kier alpha value is -2.99. The van der Waals surface area contributed by atoms with Crippen molar-refractivity contribution in [2.75, 3.05) is 0 Å². The molecule has 0 amide bonds. The van der Waals surface area contributed by atoms with Gasteiger partial charge in [0.25, 0.3) is 5.69 Å². The molecule has 0 spiro atoms. The molecule has 0 aliphatic carbocycles. The van der Waals surface area contributed by atoms with Gasteiger partial charge in [0, 0.05) is 18.6 Å². The smallest absolute Gasteiger partial charge is 0.269 e. The number of nitrogens with zero attached hydrogens (tertiary/aromatic N) is 3. The van der Waals surface area contributed by atoms with E-state index in [2.05, 4.69) is 70.9 Å². The molecule has 0 aliphatic rings. The minimum atomic E-state index is -0.364. The second-order valence-corrected chi connectivity index (χ2v) is 7.08. The molecule has 0 radical (unpaired) electrons. The van der Waals surface area contributed by atoms with E-state index in [4.69, 9.17) is 0 Å². The molecule has 0 atom stereocenters. The summed E-state index contributed by atoms with van der Waals surface area (Å²) in [6, 6.07) is 23.8. The molecule has 0 saturated carbocycles. The van der Waals surface area contributed by atoms with Gasteiger partial charge in [0.05, 0.1) is 11.5 Å². The number of non-ortho nitro benzene ring substituents is 1. The van der Waals surface area contributed by atoms with E-state index >= 15 is 0 Å². The number of aryl methyl sites for hydroxylation is 3. The minimum absolute atomic E-state index is 0. The zero-order valence-corrected chi connectivity index (χ0v) is 17.7. The van der Waals surface area contributed by atoms with Gasteiger partial charge in [-0.25, -0.2) is 9.13 Å². The highest BCUT2D eigenvalue weighted by atomic mass is 79.9. The van der Waals surface area contributed by atoms with E-state index in [0.29, 0.717) is 0 Å². The predicted molar refractivity (Wildman–Crippen MR) is 109 cm³/mol. The summed E-state index contributed by atoms with van der Waals surface area (Å²) in [7, 11) is 0. The highest BCUT2D eigenvalue weighted by molar-refractivity contribution is 5.71. The van der Waals surface area contributed by atoms with Crippen molar-refractivity contribution >= 4 is 16.7 Å². The summed E-state index contributed by atoms with van der Waals surface area (Å²) >= 11 is 0. The van der Waals surface area contributed by atoms with Crippen molar-refractivity contribution in [1.29, 1.82) is 0 Å². The Balaban J connectivity index is 0.00000240. The Kier molecular flexibility index (Phi) is 6.44. The first-order valence-electron chi connectivity index (χ1n) is 9.36. The van der Waals surface area contributed by atoms with Crippen molar-refractivity contribution in [2.24, 2.45) is 0 Å². The third kappa shape index (κ3) is 4.71. The average molecular weight is 452 g/mol. The van der Waals surface area contributed by atoms with Crippen molar-refractivity contribution in [3.8, 4) is 0 Å². The van der Waals surface area contributed by atoms with Gasteiger partial charge in [-0.3, -0.25) is 10.1 Å². The third-order valence-electron chi connectivity index (χ3n) is 5.04. The number of rotatable bonds is 6. The fourth-order valence-corrected chi connectivity index (χ4v) is 3.47. The van der Waals surface area contributed by atoms with Gasteiger partial charge in [0.1, 0.15) is 6.54 Å². The van der Waals surface area contributed by atoms with Crippen LogP contribution in [-0.2, 0) is 19.5 Å². The maximum Gasteiger partial charge on any atom is 0.269 e. The van der Waals surface area contributed by atoms with E-state index in [9.17, 15) is 10.1 Å². The SMILES string of the molecule is Cc1ccc(C[n+]2cn(CCc3ccc([N+](=O)[O-])cc3)c3ccccc32)cc1.[Br-]. The summed E-state index contributed by atoms with van der Waals surface area (Å²) in [6.07, 6.45) is 2.98. The lowest BCUT2D eigenvalue weighted by atomic mass is 10.1. The van der Waals surface area contributed by atoms with Crippen LogP contribution in [-0.4, -0.2) is 9.49 Å². The van der Waals surface area contributed by atoms with E-state index in [1.807, 2.05) is 12.1 Å². The molecular weight excluding hydrogens is 430 g/mol. The normalized spacial score (nSPS) is 10.7. The molecule has 5 nitrogen and oxygen atoms in total. The lowest BCUT2D eigenvalue weighted by molar-refractivity contribution is -0.663. The molecular formula is C23H22BrN3O2. The number of fused-ring (bicyclic) bond motifs is 1. The van der Waals surface area contributed by atoms with Gasteiger partial charge < -0.3 is 17.0 Å². The van der Waals surface area contributed by atoms with Crippen molar-refractivity contribution < 1.29 is 26.5 Å². The van der Waals surface area contributed by atoms with Gasteiger partial charge in [-0.15, -0.1) is 0 Å². The first-order chi connectivity index (χ1) is 13.6. The van der Waals surface area contributed by atoms with Crippen LogP contribution >= 0.6 is 0 Å². The summed E-state index contributed by atoms with van der Waals surface area (Å²) in [5, 5.41) is 10.8. The molecule has 0 fully saturated rings. The average Bonchev–Trinajstić information content (AvgIpc) is 3.06. The standard InChI is InChI=1S/C23H22N3O2.BrH/c1-18-6-8-20(9-7-18)16-25-17-24(22-4-2-3-5-23(22)25)15-14-19-10-12-21(13-11-19)26(27)28;/h2-13,17H,14-16H2,1H3;1H/q+1;/p-1. The Morgan fingerprint density at radius 1 is 0.931 bits per heavy atom. The Morgan fingerprint density at radius 3 is 2.28 bits per heavy atom. The quantitative estimate of drug-likeness (QED) is 0.253. The summed E-state index contributed by atoms with van der Waals surface area (Å²) in [6.45, 7) is 3.74. The molecule has 29 heavy (non-hydrogen) atoms. The van der Waals surface area contributed by atoms with Crippen molar-refractivity contribution in [3.63, 3.8) is 0 Å². The van der Waals surface area contributed by atoms with Crippen LogP contribution in [0, 0.1) is 17.0 Å². The van der Waals surface area contributed by atoms with Crippen LogP contribution in [0.3, 0.4) is 0 Å². The summed E-state index contributed by atoms with van der Waals surface area (Å²) in [5.74, 6) is 0. The number of aromatic nitrogens is 2. The fraction of sp³-hybridized carbons (Fsp3) is 0.174. The van der Waals surface area contributed by atoms with Gasteiger partial charge in [-0.1, -0.05) is 54.1 Å². The number of halogens is 1. The van der Waals surface area contributed by atoms with Gasteiger partial charge in [0.2, 0.25) is 6.33 Å². The number of hydrogen-bond acceptors (Lipinski definition) is 2. The molecule has 1 aromatic heterocycles. The van der Waals surface area contributed by atoms with Crippen molar-refractivity contribution in [3.05, 3.63) is 106 Å². The highest BCUT2D eigenvalue weighted by Crippen LogP contribution is 2.15. The van der Waals surface area contributed by atoms with Crippen LogP contribution in [0.4, 0.5) is 5.69 Å². The summed E-state index contributed by atoms with van der Waals surface area (Å²) in [5.41, 5.74) is 6.15. The van der Waals surface area contributed by atoms with Crippen molar-refractivity contribution in [2.45, 2.75) is 26.4 Å². The molecule has 4 rings (SSSR count). The molecule has 0 bridgehead atoms. The molecule has 0 N–H and O–H groups in total. The van der Waals surface area contributed by atoms with Crippen LogP contribution in [0.5, 0.6) is 0 Å². The second-order valence-electron chi connectivity index (χ2n) is 7.08. The van der Waals surface area contributed by atoms with Crippen LogP contribution in [0.2, 0.25) is 0 Å². The zero-order valence-electron chi connectivity index (χ0n) is 16.2. The maximum atomic E-state index is 10.8. The molecule has 148 valence electrons. The molecule has 6 heteroatoms. The molecule has 3 aromatic carbocycles. The molecule has 0 saturated heterocycles. The lowest BCUT2D eigenvalue weighted by Gasteiger charge is -2.00. The monoisotopic (exact) mass is 451 g/mol. The number of nitro benzene ring substituents is 1. The largest absolute Gasteiger partial charge is 1.00 e. The number of para-hydroxylation sites is 2. The van der Waals surface area contributed by atoms with Gasteiger partial charge in [0.15, 0.2) is 11.0 Å². The first-order valence-corrected chi connectivity index (χ1v) is 9.36. The first kappa shape index (κ1) is 20.7. The number of hydrogen-bond donors (Lipinski definition) is 0. The summed E-state index contributed by atoms with van der Waals surface area (Å²) < 4.78 is 4.53. The molecule has 0 unspecified atom stereocenters. The van der Waals surface area contributed by atoms with Gasteiger partial charge >= 0.3 is 0 Å². The summed E-state index contributed by atoms with van der Waals surface area (Å²) in [4.78, 5) is 10.4. The minimum Gasteiger partial charge on any atom is -1.00 e. The fourth-order valence-electron chi connectivity index (χ4n) is 3.47. The zero-order chi connectivity index (χ0) is 19.5. The second kappa shape index (κ2) is 9.01. The van der Waals surface area contributed by atoms with Gasteiger partial charge in [-0.2, -0.15) is 0 Å². The Labute approximate surface area is 180 Å². The number of benzene rings is 3. The van der Waals surface area contributed by atoms with E-state index in [1.54, 1.807) is 12.1 Å². The van der Waals surface area contributed by atoms with Gasteiger partial charge in [-0.05, 0) is 30.2 Å². The maximum absolute atomic E-state index is 10.8. The Morgan fingerprint density at radius 2 is 1.59 bits per heavy atom. The van der Waals surface area contributed by atoms with E-state index in [0.717, 1.165) is 25.1 Å². The van der Waals surface area contributed by atoms with Crippen LogP contribution in [0.25, 0.3) is 11.0 Å². The topological polar surface area (TPSA) is 52.0 Å². The molecule has 4 aromatic rings. The highest BCUT2D eigenvalue weighted by Gasteiger charge is 2.15. The van der Waals surface area contributed by atoms with Crippen LogP contribution in [0.1, 0.15) is 16.7 Å². The van der Waals surface area contributed by atoms with E-state index in [1.165, 1.54) is 22.2 Å².